The third-order valence-corrected chi connectivity index (χ3v) is 6.39. The molecule has 4 heteroatoms. The number of unbranched alkanes of at least 4 members (excludes halogenated alkanes) is 20. The van der Waals surface area contributed by atoms with E-state index in [1.54, 1.807) is 6.08 Å². The fourth-order valence-corrected chi connectivity index (χ4v) is 4.10. The first-order valence-electron chi connectivity index (χ1n) is 15.3. The molecule has 0 aliphatic carbocycles. The molecule has 0 heterocycles. The summed E-state index contributed by atoms with van der Waals surface area (Å²) in [5.74, 6) is -1.50. The zero-order chi connectivity index (χ0) is 27.0. The van der Waals surface area contributed by atoms with Gasteiger partial charge in [0.2, 0.25) is 0 Å². The van der Waals surface area contributed by atoms with Gasteiger partial charge in [-0.2, -0.15) is 0 Å². The van der Waals surface area contributed by atoms with E-state index in [9.17, 15) is 9.59 Å². The van der Waals surface area contributed by atoms with Crippen LogP contribution in [0.15, 0.2) is 24.3 Å². The first-order valence-corrected chi connectivity index (χ1v) is 15.3. The summed E-state index contributed by atoms with van der Waals surface area (Å²) in [5, 5.41) is 16.9. The van der Waals surface area contributed by atoms with Gasteiger partial charge in [0.05, 0.1) is 0 Å². The number of aliphatic carboxylic acids is 2. The molecule has 0 atom stereocenters. The number of carbonyl (C=O) groups is 2. The number of rotatable bonds is 26. The van der Waals surface area contributed by atoms with Crippen molar-refractivity contribution in [2.45, 2.75) is 168 Å². The Kier molecular flexibility index (Phi) is 34.0. The molecule has 4 nitrogen and oxygen atoms in total. The van der Waals surface area contributed by atoms with Crippen LogP contribution in [0.3, 0.4) is 0 Å². The Morgan fingerprint density at radius 3 is 1.19 bits per heavy atom. The molecular formula is C32H60O4. The van der Waals surface area contributed by atoms with Crippen LogP contribution in [-0.4, -0.2) is 22.2 Å². The molecule has 0 rings (SSSR count). The van der Waals surface area contributed by atoms with Crippen molar-refractivity contribution in [2.75, 3.05) is 0 Å². The predicted octanol–water partition coefficient (Wildman–Crippen LogP) is 10.7. The van der Waals surface area contributed by atoms with Crippen LogP contribution < -0.4 is 0 Å². The van der Waals surface area contributed by atoms with Crippen molar-refractivity contribution in [3.05, 3.63) is 24.3 Å². The molecular weight excluding hydrogens is 448 g/mol. The second kappa shape index (κ2) is 33.4. The maximum atomic E-state index is 10.3. The van der Waals surface area contributed by atoms with Gasteiger partial charge in [-0.15, -0.1) is 0 Å². The monoisotopic (exact) mass is 508 g/mol. The van der Waals surface area contributed by atoms with Gasteiger partial charge in [-0.25, -0.2) is 4.79 Å². The molecule has 36 heavy (non-hydrogen) atoms. The molecule has 0 fully saturated rings. The third kappa shape index (κ3) is 39.6. The van der Waals surface area contributed by atoms with Gasteiger partial charge in [-0.1, -0.05) is 135 Å². The second-order valence-electron chi connectivity index (χ2n) is 10.1. The molecule has 0 aromatic rings. The largest absolute Gasteiger partial charge is 0.481 e. The molecule has 0 amide bonds. The zero-order valence-electron chi connectivity index (χ0n) is 24.0. The average molecular weight is 509 g/mol. The van der Waals surface area contributed by atoms with Gasteiger partial charge in [0.1, 0.15) is 0 Å². The van der Waals surface area contributed by atoms with Gasteiger partial charge in [-0.3, -0.25) is 4.79 Å². The van der Waals surface area contributed by atoms with Crippen LogP contribution in [0.25, 0.3) is 0 Å². The number of carboxylic acids is 2. The van der Waals surface area contributed by atoms with Crippen LogP contribution >= 0.6 is 0 Å². The summed E-state index contributed by atoms with van der Waals surface area (Å²) in [7, 11) is 0. The maximum absolute atomic E-state index is 10.3. The van der Waals surface area contributed by atoms with Crippen LogP contribution in [0.4, 0.5) is 0 Å². The van der Waals surface area contributed by atoms with Crippen molar-refractivity contribution in [3.63, 3.8) is 0 Å². The van der Waals surface area contributed by atoms with Crippen molar-refractivity contribution in [1.82, 2.24) is 0 Å². The highest BCUT2D eigenvalue weighted by atomic mass is 16.4. The van der Waals surface area contributed by atoms with E-state index in [4.69, 9.17) is 10.2 Å². The molecule has 0 aromatic carbocycles. The Labute approximate surface area is 224 Å². The Bertz CT molecular complexity index is 510. The SMILES string of the molecule is CCCCCC/C=C\CCCCCCCC(=O)O.CCCCCCCCCCCCCC=CC(=O)O. The second-order valence-corrected chi connectivity index (χ2v) is 10.1. The molecule has 0 aliphatic rings. The zero-order valence-corrected chi connectivity index (χ0v) is 24.0. The van der Waals surface area contributed by atoms with Crippen molar-refractivity contribution < 1.29 is 19.8 Å². The summed E-state index contributed by atoms with van der Waals surface area (Å²) in [6, 6.07) is 0. The van der Waals surface area contributed by atoms with E-state index in [-0.39, 0.29) is 0 Å². The summed E-state index contributed by atoms with van der Waals surface area (Å²) in [4.78, 5) is 20.5. The highest BCUT2D eigenvalue weighted by Crippen LogP contribution is 2.12. The molecule has 0 saturated heterocycles. The Morgan fingerprint density at radius 1 is 0.472 bits per heavy atom. The lowest BCUT2D eigenvalue weighted by Gasteiger charge is -2.01. The summed E-state index contributed by atoms with van der Waals surface area (Å²) in [6.45, 7) is 4.50. The fraction of sp³-hybridized carbons (Fsp3) is 0.812. The van der Waals surface area contributed by atoms with E-state index in [1.165, 1.54) is 128 Å². The number of hydrogen-bond donors (Lipinski definition) is 2. The minimum absolute atomic E-state index is 0.331. The molecule has 0 radical (unpaired) electrons. The van der Waals surface area contributed by atoms with E-state index < -0.39 is 11.9 Å². The van der Waals surface area contributed by atoms with Gasteiger partial charge < -0.3 is 10.2 Å². The van der Waals surface area contributed by atoms with Crippen molar-refractivity contribution >= 4 is 11.9 Å². The number of carboxylic acid groups (broad SMARTS) is 2. The standard InChI is InChI=1S/2C16H30O2/c2*1-2-3-4-5-6-7-8-9-10-11-12-13-14-15-16(17)18/h14-15H,2-13H2,1H3,(H,17,18);7-8H,2-6,9-15H2,1H3,(H,17,18)/b;8-7-. The molecule has 0 aliphatic heterocycles. The highest BCUT2D eigenvalue weighted by Gasteiger charge is 1.96. The van der Waals surface area contributed by atoms with Gasteiger partial charge in [0.15, 0.2) is 0 Å². The normalized spacial score (nSPS) is 11.2. The predicted molar refractivity (Wildman–Crippen MR) is 156 cm³/mol. The van der Waals surface area contributed by atoms with Crippen molar-refractivity contribution in [3.8, 4) is 0 Å². The fourth-order valence-electron chi connectivity index (χ4n) is 4.10. The summed E-state index contributed by atoms with van der Waals surface area (Å²) in [6.07, 6.45) is 36.9. The van der Waals surface area contributed by atoms with Gasteiger partial charge in [0, 0.05) is 12.5 Å². The van der Waals surface area contributed by atoms with Crippen LogP contribution in [0.2, 0.25) is 0 Å². The lowest BCUT2D eigenvalue weighted by atomic mass is 10.1. The van der Waals surface area contributed by atoms with E-state index in [2.05, 4.69) is 26.0 Å². The minimum atomic E-state index is -0.835. The number of allylic oxidation sites excluding steroid dienone is 3. The first-order chi connectivity index (χ1) is 17.5. The average Bonchev–Trinajstić information content (AvgIpc) is 2.85. The molecule has 212 valence electrons. The van der Waals surface area contributed by atoms with Crippen LogP contribution in [0.1, 0.15) is 168 Å². The molecule has 0 saturated carbocycles. The van der Waals surface area contributed by atoms with Gasteiger partial charge >= 0.3 is 11.9 Å². The highest BCUT2D eigenvalue weighted by molar-refractivity contribution is 5.79. The Morgan fingerprint density at radius 2 is 0.806 bits per heavy atom. The van der Waals surface area contributed by atoms with E-state index in [0.29, 0.717) is 6.42 Å². The van der Waals surface area contributed by atoms with Gasteiger partial charge in [-0.05, 0) is 44.9 Å². The summed E-state index contributed by atoms with van der Waals surface area (Å²) in [5.41, 5.74) is 0. The summed E-state index contributed by atoms with van der Waals surface area (Å²) < 4.78 is 0. The van der Waals surface area contributed by atoms with E-state index >= 15 is 0 Å². The molecule has 2 N–H and O–H groups in total. The Balaban J connectivity index is 0. The lowest BCUT2D eigenvalue weighted by molar-refractivity contribution is -0.137. The van der Waals surface area contributed by atoms with Crippen LogP contribution in [0.5, 0.6) is 0 Å². The minimum Gasteiger partial charge on any atom is -0.481 e. The van der Waals surface area contributed by atoms with Crippen molar-refractivity contribution in [1.29, 1.82) is 0 Å². The molecule has 0 spiro atoms. The maximum Gasteiger partial charge on any atom is 0.327 e. The summed E-state index contributed by atoms with van der Waals surface area (Å²) >= 11 is 0. The Hall–Kier alpha value is -1.58. The van der Waals surface area contributed by atoms with Crippen molar-refractivity contribution in [2.24, 2.45) is 0 Å². The lowest BCUT2D eigenvalue weighted by Crippen LogP contribution is -1.93. The first kappa shape index (κ1) is 36.6. The van der Waals surface area contributed by atoms with E-state index in [0.717, 1.165) is 25.7 Å². The molecule has 0 bridgehead atoms. The number of hydrogen-bond acceptors (Lipinski definition) is 2. The molecule has 0 aromatic heterocycles. The third-order valence-electron chi connectivity index (χ3n) is 6.39. The van der Waals surface area contributed by atoms with Gasteiger partial charge in [0.25, 0.3) is 0 Å². The molecule has 0 unspecified atom stereocenters. The smallest absolute Gasteiger partial charge is 0.327 e. The van der Waals surface area contributed by atoms with Crippen LogP contribution in [-0.2, 0) is 9.59 Å². The van der Waals surface area contributed by atoms with Crippen LogP contribution in [0, 0.1) is 0 Å². The van der Waals surface area contributed by atoms with E-state index in [1.807, 2.05) is 0 Å². The topological polar surface area (TPSA) is 74.6 Å². The quantitative estimate of drug-likeness (QED) is 0.0692.